The molecule has 2 atom stereocenters. The number of esters is 1. The van der Waals surface area contributed by atoms with E-state index >= 15 is 0 Å². The molecule has 0 bridgehead atoms. The van der Waals surface area contributed by atoms with E-state index in [1.54, 1.807) is 0 Å². The first-order chi connectivity index (χ1) is 11.3. The summed E-state index contributed by atoms with van der Waals surface area (Å²) in [6.07, 6.45) is 5.06. The zero-order chi connectivity index (χ0) is 17.8. The number of carbonyl (C=O) groups excluding carboxylic acids is 1. The summed E-state index contributed by atoms with van der Waals surface area (Å²) < 4.78 is 11.2. The molecule has 0 aromatic heterocycles. The van der Waals surface area contributed by atoms with Gasteiger partial charge in [-0.2, -0.15) is 0 Å². The van der Waals surface area contributed by atoms with Gasteiger partial charge in [-0.1, -0.05) is 6.42 Å². The average molecular weight is 467 g/mol. The van der Waals surface area contributed by atoms with Gasteiger partial charge in [-0.15, -0.1) is 24.0 Å². The normalized spacial score (nSPS) is 24.6. The molecule has 146 valence electrons. The highest BCUT2D eigenvalue weighted by Crippen LogP contribution is 2.57. The topological polar surface area (TPSA) is 72.0 Å². The monoisotopic (exact) mass is 467 g/mol. The first kappa shape index (κ1) is 22.5. The van der Waals surface area contributed by atoms with Gasteiger partial charge in [-0.25, -0.2) is 4.99 Å². The van der Waals surface area contributed by atoms with Crippen molar-refractivity contribution in [1.29, 1.82) is 0 Å². The second kappa shape index (κ2) is 9.39. The number of hydrogen-bond acceptors (Lipinski definition) is 4. The van der Waals surface area contributed by atoms with Gasteiger partial charge in [0.15, 0.2) is 5.96 Å². The Morgan fingerprint density at radius 2 is 1.96 bits per heavy atom. The maximum absolute atomic E-state index is 11.9. The molecule has 2 unspecified atom stereocenters. The molecule has 2 aliphatic rings. The Morgan fingerprint density at radius 1 is 1.28 bits per heavy atom. The molecule has 2 saturated carbocycles. The molecular formula is C18H34IN3O3. The fourth-order valence-corrected chi connectivity index (χ4v) is 3.64. The van der Waals surface area contributed by atoms with E-state index in [4.69, 9.17) is 9.47 Å². The number of halogens is 1. The van der Waals surface area contributed by atoms with E-state index in [0.29, 0.717) is 18.1 Å². The van der Waals surface area contributed by atoms with E-state index in [-0.39, 0.29) is 41.9 Å². The van der Waals surface area contributed by atoms with Crippen LogP contribution in [0.3, 0.4) is 0 Å². The van der Waals surface area contributed by atoms with E-state index in [2.05, 4.69) is 22.5 Å². The number of hydrogen-bond donors (Lipinski definition) is 2. The molecule has 0 saturated heterocycles. The first-order valence-corrected chi connectivity index (χ1v) is 9.19. The lowest BCUT2D eigenvalue weighted by Gasteiger charge is -2.61. The molecule has 0 amide bonds. The number of guanidine groups is 1. The summed E-state index contributed by atoms with van der Waals surface area (Å²) in [4.78, 5) is 16.3. The minimum absolute atomic E-state index is 0. The number of carbonyl (C=O) groups is 1. The highest BCUT2D eigenvalue weighted by molar-refractivity contribution is 14.0. The van der Waals surface area contributed by atoms with Crippen LogP contribution in [-0.2, 0) is 14.3 Å². The van der Waals surface area contributed by atoms with Gasteiger partial charge in [0.05, 0.1) is 6.10 Å². The maximum Gasteiger partial charge on any atom is 0.328 e. The Kier molecular flexibility index (Phi) is 8.44. The molecule has 2 fully saturated rings. The van der Waals surface area contributed by atoms with Crippen molar-refractivity contribution in [2.75, 3.05) is 19.7 Å². The van der Waals surface area contributed by atoms with Gasteiger partial charge in [-0.05, 0) is 53.9 Å². The van der Waals surface area contributed by atoms with Crippen molar-refractivity contribution >= 4 is 35.9 Å². The Hall–Kier alpha value is -0.570. The molecule has 2 aliphatic carbocycles. The van der Waals surface area contributed by atoms with Crippen LogP contribution in [0.4, 0.5) is 0 Å². The van der Waals surface area contributed by atoms with Gasteiger partial charge in [0.1, 0.15) is 12.1 Å². The third-order valence-electron chi connectivity index (χ3n) is 4.88. The van der Waals surface area contributed by atoms with Crippen LogP contribution in [0.25, 0.3) is 0 Å². The largest absolute Gasteiger partial charge is 0.459 e. The van der Waals surface area contributed by atoms with Crippen LogP contribution < -0.4 is 10.6 Å². The smallest absolute Gasteiger partial charge is 0.328 e. The molecule has 0 aromatic carbocycles. The zero-order valence-electron chi connectivity index (χ0n) is 16.2. The standard InChI is InChI=1S/C18H33N3O3.HI/c1-6-19-16(20-12-15(22)24-17(3,4)5)21-13-11-14(23-7-2)18(13)9-8-10-18;/h13-14H,6-12H2,1-5H3,(H2,19,20,21);1H. The van der Waals surface area contributed by atoms with Crippen LogP contribution in [0.2, 0.25) is 0 Å². The zero-order valence-corrected chi connectivity index (χ0v) is 18.5. The summed E-state index contributed by atoms with van der Waals surface area (Å²) in [7, 11) is 0. The van der Waals surface area contributed by atoms with Gasteiger partial charge in [-0.3, -0.25) is 4.79 Å². The maximum atomic E-state index is 11.9. The Labute approximate surface area is 168 Å². The number of rotatable bonds is 6. The molecule has 0 aromatic rings. The van der Waals surface area contributed by atoms with Crippen LogP contribution in [0, 0.1) is 5.41 Å². The summed E-state index contributed by atoms with van der Waals surface area (Å²) in [6.45, 7) is 11.2. The summed E-state index contributed by atoms with van der Waals surface area (Å²) >= 11 is 0. The van der Waals surface area contributed by atoms with Crippen molar-refractivity contribution < 1.29 is 14.3 Å². The molecule has 0 radical (unpaired) electrons. The minimum Gasteiger partial charge on any atom is -0.459 e. The van der Waals surface area contributed by atoms with Gasteiger partial charge in [0.2, 0.25) is 0 Å². The third kappa shape index (κ3) is 5.70. The van der Waals surface area contributed by atoms with Crippen molar-refractivity contribution in [2.45, 2.75) is 78.0 Å². The van der Waals surface area contributed by atoms with Gasteiger partial charge < -0.3 is 20.1 Å². The fraction of sp³-hybridized carbons (Fsp3) is 0.889. The van der Waals surface area contributed by atoms with E-state index < -0.39 is 5.60 Å². The Morgan fingerprint density at radius 3 is 2.44 bits per heavy atom. The Balaban J connectivity index is 0.00000312. The van der Waals surface area contributed by atoms with Gasteiger partial charge in [0, 0.05) is 24.6 Å². The number of ether oxygens (including phenoxy) is 2. The minimum atomic E-state index is -0.479. The van der Waals surface area contributed by atoms with Crippen molar-refractivity contribution in [2.24, 2.45) is 10.4 Å². The molecule has 0 heterocycles. The number of aliphatic imine (C=N–C) groups is 1. The lowest BCUT2D eigenvalue weighted by atomic mass is 9.51. The third-order valence-corrected chi connectivity index (χ3v) is 4.88. The molecule has 2 rings (SSSR count). The number of nitrogens with one attached hydrogen (secondary N) is 2. The van der Waals surface area contributed by atoms with E-state index in [1.165, 1.54) is 19.3 Å². The number of nitrogens with zero attached hydrogens (tertiary/aromatic N) is 1. The van der Waals surface area contributed by atoms with Crippen LogP contribution >= 0.6 is 24.0 Å². The molecular weight excluding hydrogens is 433 g/mol. The van der Waals surface area contributed by atoms with Crippen molar-refractivity contribution in [3.05, 3.63) is 0 Å². The summed E-state index contributed by atoms with van der Waals surface area (Å²) in [6, 6.07) is 0.374. The quantitative estimate of drug-likeness (QED) is 0.272. The fourth-order valence-electron chi connectivity index (χ4n) is 3.64. The van der Waals surface area contributed by atoms with Crippen LogP contribution in [0.5, 0.6) is 0 Å². The molecule has 7 heteroatoms. The van der Waals surface area contributed by atoms with E-state index in [9.17, 15) is 4.79 Å². The summed E-state index contributed by atoms with van der Waals surface area (Å²) in [5, 5.41) is 6.73. The van der Waals surface area contributed by atoms with Crippen molar-refractivity contribution in [1.82, 2.24) is 10.6 Å². The van der Waals surface area contributed by atoms with Gasteiger partial charge in [0.25, 0.3) is 0 Å². The second-order valence-corrected chi connectivity index (χ2v) is 7.74. The molecule has 2 N–H and O–H groups in total. The van der Waals surface area contributed by atoms with Crippen LogP contribution in [-0.4, -0.2) is 49.4 Å². The second-order valence-electron chi connectivity index (χ2n) is 7.74. The first-order valence-electron chi connectivity index (χ1n) is 9.19. The van der Waals surface area contributed by atoms with Crippen LogP contribution in [0.1, 0.15) is 60.3 Å². The van der Waals surface area contributed by atoms with E-state index in [0.717, 1.165) is 19.6 Å². The predicted octanol–water partition coefficient (Wildman–Crippen LogP) is 2.85. The van der Waals surface area contributed by atoms with Crippen molar-refractivity contribution in [3.8, 4) is 0 Å². The highest BCUT2D eigenvalue weighted by atomic mass is 127. The predicted molar refractivity (Wildman–Crippen MR) is 110 cm³/mol. The van der Waals surface area contributed by atoms with E-state index in [1.807, 2.05) is 27.7 Å². The average Bonchev–Trinajstić information content (AvgIpc) is 2.39. The molecule has 1 spiro atoms. The SMILES string of the molecule is CCNC(=NCC(=O)OC(C)(C)C)NC1CC(OCC)C12CCC2.I. The summed E-state index contributed by atoms with van der Waals surface area (Å²) in [5.74, 6) is 0.383. The lowest BCUT2D eigenvalue weighted by molar-refractivity contribution is -0.168. The molecule has 6 nitrogen and oxygen atoms in total. The lowest BCUT2D eigenvalue weighted by Crippen LogP contribution is -2.68. The Bertz CT molecular complexity index is 473. The van der Waals surface area contributed by atoms with Crippen molar-refractivity contribution in [3.63, 3.8) is 0 Å². The van der Waals surface area contributed by atoms with Gasteiger partial charge >= 0.3 is 5.97 Å². The summed E-state index contributed by atoms with van der Waals surface area (Å²) in [5.41, 5.74) is -0.217. The molecule has 0 aliphatic heterocycles. The molecule has 25 heavy (non-hydrogen) atoms. The van der Waals surface area contributed by atoms with Crippen LogP contribution in [0.15, 0.2) is 4.99 Å². The highest BCUT2D eigenvalue weighted by Gasteiger charge is 2.59.